The minimum atomic E-state index is -0.879. The Balaban J connectivity index is 2.24. The minimum absolute atomic E-state index is 0.0522. The summed E-state index contributed by atoms with van der Waals surface area (Å²) in [7, 11) is 1.71. The van der Waals surface area contributed by atoms with Crippen molar-refractivity contribution in [1.29, 1.82) is 0 Å². The predicted molar refractivity (Wildman–Crippen MR) is 72.5 cm³/mol. The monoisotopic (exact) mass is 270 g/mol. The van der Waals surface area contributed by atoms with Crippen LogP contribution in [-0.4, -0.2) is 53.9 Å². The number of nitrogens with zero attached hydrogens (tertiary/aromatic N) is 1. The van der Waals surface area contributed by atoms with Crippen LogP contribution in [0.3, 0.4) is 0 Å². The van der Waals surface area contributed by atoms with Gasteiger partial charge in [-0.25, -0.2) is 0 Å². The molecule has 19 heavy (non-hydrogen) atoms. The molecule has 110 valence electrons. The first-order valence-corrected chi connectivity index (χ1v) is 7.07. The Labute approximate surface area is 115 Å². The summed E-state index contributed by atoms with van der Waals surface area (Å²) in [6.07, 6.45) is 1.98. The summed E-state index contributed by atoms with van der Waals surface area (Å²) in [5.74, 6) is 0.0166. The van der Waals surface area contributed by atoms with Crippen molar-refractivity contribution in [2.45, 2.75) is 51.3 Å². The SMILES string of the molecule is CC(CO)N(C)C(=O)C1(N)C2CCCOC2C1(C)C. The topological polar surface area (TPSA) is 75.8 Å². The maximum absolute atomic E-state index is 12.8. The lowest BCUT2D eigenvalue weighted by Gasteiger charge is -2.65. The van der Waals surface area contributed by atoms with E-state index in [0.717, 1.165) is 19.4 Å². The number of aliphatic hydroxyl groups is 1. The van der Waals surface area contributed by atoms with Crippen molar-refractivity contribution in [2.75, 3.05) is 20.3 Å². The third-order valence-corrected chi connectivity index (χ3v) is 5.28. The molecule has 4 unspecified atom stereocenters. The fraction of sp³-hybridized carbons (Fsp3) is 0.929. The number of fused-ring (bicyclic) bond motifs is 1. The van der Waals surface area contributed by atoms with E-state index in [-0.39, 0.29) is 36.0 Å². The van der Waals surface area contributed by atoms with Gasteiger partial charge in [-0.2, -0.15) is 0 Å². The molecule has 1 aliphatic carbocycles. The van der Waals surface area contributed by atoms with E-state index < -0.39 is 5.54 Å². The molecule has 1 saturated carbocycles. The maximum Gasteiger partial charge on any atom is 0.243 e. The second-order valence-electron chi connectivity index (χ2n) is 6.58. The van der Waals surface area contributed by atoms with Gasteiger partial charge < -0.3 is 20.5 Å². The summed E-state index contributed by atoms with van der Waals surface area (Å²) in [5.41, 5.74) is 5.28. The van der Waals surface area contributed by atoms with Crippen molar-refractivity contribution in [3.8, 4) is 0 Å². The van der Waals surface area contributed by atoms with Crippen LogP contribution in [0.2, 0.25) is 0 Å². The largest absolute Gasteiger partial charge is 0.394 e. The number of nitrogens with two attached hydrogens (primary N) is 1. The van der Waals surface area contributed by atoms with Crippen LogP contribution in [-0.2, 0) is 9.53 Å². The molecular weight excluding hydrogens is 244 g/mol. The van der Waals surface area contributed by atoms with Crippen molar-refractivity contribution in [2.24, 2.45) is 17.1 Å². The molecule has 5 nitrogen and oxygen atoms in total. The van der Waals surface area contributed by atoms with E-state index >= 15 is 0 Å². The number of ether oxygens (including phenoxy) is 1. The number of carbonyl (C=O) groups excluding carboxylic acids is 1. The van der Waals surface area contributed by atoms with Crippen molar-refractivity contribution in [3.63, 3.8) is 0 Å². The Hall–Kier alpha value is -0.650. The van der Waals surface area contributed by atoms with Crippen LogP contribution in [0.25, 0.3) is 0 Å². The van der Waals surface area contributed by atoms with Gasteiger partial charge in [0, 0.05) is 25.0 Å². The smallest absolute Gasteiger partial charge is 0.243 e. The van der Waals surface area contributed by atoms with Gasteiger partial charge in [0.1, 0.15) is 5.54 Å². The molecule has 0 spiro atoms. The van der Waals surface area contributed by atoms with E-state index in [1.807, 2.05) is 20.8 Å². The molecule has 0 radical (unpaired) electrons. The molecule has 0 bridgehead atoms. The number of hydrogen-bond donors (Lipinski definition) is 2. The maximum atomic E-state index is 12.8. The number of aliphatic hydroxyl groups excluding tert-OH is 1. The molecule has 1 aliphatic heterocycles. The van der Waals surface area contributed by atoms with Gasteiger partial charge in [0.25, 0.3) is 0 Å². The van der Waals surface area contributed by atoms with Gasteiger partial charge >= 0.3 is 0 Å². The Morgan fingerprint density at radius 3 is 2.79 bits per heavy atom. The Bertz CT molecular complexity index is 372. The number of likely N-dealkylation sites (N-methyl/N-ethyl adjacent to an activating group) is 1. The van der Waals surface area contributed by atoms with Crippen molar-refractivity contribution >= 4 is 5.91 Å². The predicted octanol–water partition coefficient (Wildman–Crippen LogP) is 0.358. The molecule has 1 heterocycles. The van der Waals surface area contributed by atoms with Crippen molar-refractivity contribution < 1.29 is 14.6 Å². The molecule has 5 heteroatoms. The standard InChI is InChI=1S/C14H26N2O3/c1-9(8-17)16(4)12(18)14(15)10-6-5-7-19-11(10)13(14,2)3/h9-11,17H,5-8,15H2,1-4H3. The second kappa shape index (κ2) is 4.72. The Morgan fingerprint density at radius 1 is 1.58 bits per heavy atom. The lowest BCUT2D eigenvalue weighted by Crippen LogP contribution is -2.82. The molecule has 1 saturated heterocycles. The van der Waals surface area contributed by atoms with E-state index in [1.54, 1.807) is 11.9 Å². The Morgan fingerprint density at radius 2 is 2.21 bits per heavy atom. The van der Waals surface area contributed by atoms with E-state index in [1.165, 1.54) is 0 Å². The molecular formula is C14H26N2O3. The van der Waals surface area contributed by atoms with Crippen molar-refractivity contribution in [3.05, 3.63) is 0 Å². The van der Waals surface area contributed by atoms with Gasteiger partial charge in [0.2, 0.25) is 5.91 Å². The highest BCUT2D eigenvalue weighted by atomic mass is 16.5. The first-order chi connectivity index (χ1) is 8.78. The summed E-state index contributed by atoms with van der Waals surface area (Å²) >= 11 is 0. The molecule has 3 N–H and O–H groups in total. The molecule has 2 fully saturated rings. The van der Waals surface area contributed by atoms with Gasteiger partial charge in [-0.3, -0.25) is 4.79 Å². The van der Waals surface area contributed by atoms with Crippen LogP contribution in [0, 0.1) is 11.3 Å². The van der Waals surface area contributed by atoms with Crippen LogP contribution in [0.5, 0.6) is 0 Å². The third-order valence-electron chi connectivity index (χ3n) is 5.28. The highest BCUT2D eigenvalue weighted by molar-refractivity contribution is 5.89. The van der Waals surface area contributed by atoms with Gasteiger partial charge in [-0.15, -0.1) is 0 Å². The molecule has 0 aromatic carbocycles. The zero-order valence-corrected chi connectivity index (χ0v) is 12.3. The van der Waals surface area contributed by atoms with Gasteiger partial charge in [-0.05, 0) is 19.8 Å². The minimum Gasteiger partial charge on any atom is -0.394 e. The lowest BCUT2D eigenvalue weighted by atomic mass is 9.46. The molecule has 2 aliphatic rings. The zero-order chi connectivity index (χ0) is 14.4. The summed E-state index contributed by atoms with van der Waals surface area (Å²) in [6.45, 7) is 6.55. The summed E-state index contributed by atoms with van der Waals surface area (Å²) in [4.78, 5) is 14.3. The number of amides is 1. The van der Waals surface area contributed by atoms with Crippen molar-refractivity contribution in [1.82, 2.24) is 4.90 Å². The third kappa shape index (κ3) is 1.82. The van der Waals surface area contributed by atoms with Gasteiger partial charge in [0.05, 0.1) is 18.8 Å². The van der Waals surface area contributed by atoms with Crippen LogP contribution in [0.4, 0.5) is 0 Å². The lowest BCUT2D eigenvalue weighted by molar-refractivity contribution is -0.230. The molecule has 2 rings (SSSR count). The van der Waals surface area contributed by atoms with Gasteiger partial charge in [0.15, 0.2) is 0 Å². The summed E-state index contributed by atoms with van der Waals surface area (Å²) in [6, 6.07) is -0.215. The van der Waals surface area contributed by atoms with E-state index in [0.29, 0.717) is 0 Å². The number of rotatable bonds is 3. The average Bonchev–Trinajstić information content (AvgIpc) is 2.43. The zero-order valence-electron chi connectivity index (χ0n) is 12.3. The second-order valence-corrected chi connectivity index (χ2v) is 6.58. The van der Waals surface area contributed by atoms with Crippen LogP contribution < -0.4 is 5.73 Å². The molecule has 4 atom stereocenters. The Kier molecular flexibility index (Phi) is 3.66. The average molecular weight is 270 g/mol. The number of hydrogen-bond acceptors (Lipinski definition) is 4. The molecule has 1 amide bonds. The number of carbonyl (C=O) groups is 1. The van der Waals surface area contributed by atoms with Gasteiger partial charge in [-0.1, -0.05) is 13.8 Å². The fourth-order valence-electron chi connectivity index (χ4n) is 3.62. The highest BCUT2D eigenvalue weighted by Crippen LogP contribution is 2.57. The van der Waals surface area contributed by atoms with E-state index in [9.17, 15) is 9.90 Å². The molecule has 0 aromatic rings. The van der Waals surface area contributed by atoms with Crippen LogP contribution in [0.1, 0.15) is 33.6 Å². The van der Waals surface area contributed by atoms with E-state index in [4.69, 9.17) is 10.5 Å². The fourth-order valence-corrected chi connectivity index (χ4v) is 3.62. The van der Waals surface area contributed by atoms with Crippen LogP contribution >= 0.6 is 0 Å². The molecule has 0 aromatic heterocycles. The summed E-state index contributed by atoms with van der Waals surface area (Å²) in [5, 5.41) is 9.21. The quantitative estimate of drug-likeness (QED) is 0.776. The highest BCUT2D eigenvalue weighted by Gasteiger charge is 2.70. The first-order valence-electron chi connectivity index (χ1n) is 7.07. The van der Waals surface area contributed by atoms with Crippen LogP contribution in [0.15, 0.2) is 0 Å². The first kappa shape index (κ1) is 14.8. The normalized spacial score (nSPS) is 38.0. The van der Waals surface area contributed by atoms with E-state index in [2.05, 4.69) is 0 Å². The summed E-state index contributed by atoms with van der Waals surface area (Å²) < 4.78 is 5.80.